The summed E-state index contributed by atoms with van der Waals surface area (Å²) in [5.41, 5.74) is 0.488. The molecule has 0 radical (unpaired) electrons. The van der Waals surface area contributed by atoms with Crippen LogP contribution in [0, 0.1) is 12.8 Å². The molecule has 1 aliphatic rings. The van der Waals surface area contributed by atoms with Crippen molar-refractivity contribution in [3.05, 3.63) is 33.7 Å². The molecule has 1 fully saturated rings. The molecular weight excluding hydrogens is 260 g/mol. The first-order valence-corrected chi connectivity index (χ1v) is 6.70. The molecule has 1 aromatic heterocycles. The number of hydrogen-bond donors (Lipinski definition) is 3. The molecule has 0 atom stereocenters. The summed E-state index contributed by atoms with van der Waals surface area (Å²) in [6.07, 6.45) is 3.80. The Kier molecular flexibility index (Phi) is 4.22. The van der Waals surface area contributed by atoms with Crippen LogP contribution in [0.4, 0.5) is 0 Å². The van der Waals surface area contributed by atoms with Crippen LogP contribution >= 0.6 is 0 Å². The molecule has 1 amide bonds. The molecule has 6 heteroatoms. The lowest BCUT2D eigenvalue weighted by molar-refractivity contribution is -0.142. The molecule has 108 valence electrons. The maximum atomic E-state index is 12.0. The Morgan fingerprint density at radius 2 is 1.95 bits per heavy atom. The third-order valence-electron chi connectivity index (χ3n) is 3.71. The Morgan fingerprint density at radius 1 is 1.30 bits per heavy atom. The predicted octanol–water partition coefficient (Wildman–Crippen LogP) is 1.06. The summed E-state index contributed by atoms with van der Waals surface area (Å²) in [7, 11) is 0. The minimum Gasteiger partial charge on any atom is -0.481 e. The fourth-order valence-corrected chi connectivity index (χ4v) is 2.50. The number of carbonyl (C=O) groups is 2. The van der Waals surface area contributed by atoms with Gasteiger partial charge in [0.1, 0.15) is 5.56 Å². The van der Waals surface area contributed by atoms with Crippen molar-refractivity contribution >= 4 is 11.9 Å². The van der Waals surface area contributed by atoms with Gasteiger partial charge in [0.2, 0.25) is 0 Å². The quantitative estimate of drug-likeness (QED) is 0.769. The van der Waals surface area contributed by atoms with E-state index in [1.54, 1.807) is 6.92 Å². The van der Waals surface area contributed by atoms with Crippen LogP contribution in [0.2, 0.25) is 0 Å². The maximum absolute atomic E-state index is 12.0. The number of nitrogens with one attached hydrogen (secondary N) is 2. The van der Waals surface area contributed by atoms with Crippen LogP contribution in [-0.4, -0.2) is 28.0 Å². The molecule has 3 N–H and O–H groups in total. The summed E-state index contributed by atoms with van der Waals surface area (Å²) in [5.74, 6) is -1.49. The van der Waals surface area contributed by atoms with Crippen LogP contribution in [0.1, 0.15) is 41.7 Å². The van der Waals surface area contributed by atoms with Gasteiger partial charge in [0, 0.05) is 24.0 Å². The summed E-state index contributed by atoms with van der Waals surface area (Å²) in [4.78, 5) is 37.4. The van der Waals surface area contributed by atoms with Crippen molar-refractivity contribution in [3.63, 3.8) is 0 Å². The van der Waals surface area contributed by atoms with Crippen molar-refractivity contribution in [2.24, 2.45) is 5.92 Å². The zero-order chi connectivity index (χ0) is 14.7. The summed E-state index contributed by atoms with van der Waals surface area (Å²) in [6, 6.07) is 1.33. The number of pyridine rings is 1. The molecule has 0 bridgehead atoms. The summed E-state index contributed by atoms with van der Waals surface area (Å²) in [6.45, 7) is 1.75. The number of aliphatic carboxylic acids is 1. The van der Waals surface area contributed by atoms with E-state index in [0.717, 1.165) is 0 Å². The van der Waals surface area contributed by atoms with E-state index in [9.17, 15) is 14.4 Å². The lowest BCUT2D eigenvalue weighted by atomic mass is 9.86. The molecule has 6 nitrogen and oxygen atoms in total. The molecule has 0 aliphatic heterocycles. The van der Waals surface area contributed by atoms with Gasteiger partial charge in [-0.3, -0.25) is 14.4 Å². The van der Waals surface area contributed by atoms with Crippen LogP contribution < -0.4 is 10.7 Å². The first-order chi connectivity index (χ1) is 9.47. The van der Waals surface area contributed by atoms with Gasteiger partial charge >= 0.3 is 5.97 Å². The number of aromatic amines is 1. The molecular formula is C14H18N2O4. The van der Waals surface area contributed by atoms with E-state index in [0.29, 0.717) is 31.4 Å². The first kappa shape index (κ1) is 14.3. The molecule has 0 aromatic carbocycles. The van der Waals surface area contributed by atoms with Gasteiger partial charge in [-0.05, 0) is 32.6 Å². The van der Waals surface area contributed by atoms with Crippen LogP contribution in [0.5, 0.6) is 0 Å². The average molecular weight is 278 g/mol. The van der Waals surface area contributed by atoms with Crippen molar-refractivity contribution in [2.75, 3.05) is 0 Å². The van der Waals surface area contributed by atoms with Crippen molar-refractivity contribution in [3.8, 4) is 0 Å². The molecule has 20 heavy (non-hydrogen) atoms. The SMILES string of the molecule is Cc1cc(=O)c(C(=O)NC2CCC(C(=O)O)CC2)c[nH]1. The number of amides is 1. The minimum atomic E-state index is -0.773. The molecule has 1 heterocycles. The van der Waals surface area contributed by atoms with Crippen molar-refractivity contribution in [2.45, 2.75) is 38.6 Å². The molecule has 2 rings (SSSR count). The first-order valence-electron chi connectivity index (χ1n) is 6.70. The Bertz CT molecular complexity index is 571. The molecule has 0 unspecified atom stereocenters. The van der Waals surface area contributed by atoms with Crippen molar-refractivity contribution in [1.82, 2.24) is 10.3 Å². The third kappa shape index (κ3) is 3.26. The number of carboxylic acids is 1. The second kappa shape index (κ2) is 5.90. The molecule has 1 aliphatic carbocycles. The number of carbonyl (C=O) groups excluding carboxylic acids is 1. The third-order valence-corrected chi connectivity index (χ3v) is 3.71. The Hall–Kier alpha value is -2.11. The molecule has 0 saturated heterocycles. The maximum Gasteiger partial charge on any atom is 0.306 e. The van der Waals surface area contributed by atoms with Crippen LogP contribution in [0.15, 0.2) is 17.1 Å². The standard InChI is InChI=1S/C14H18N2O4/c1-8-6-12(17)11(7-15-8)13(18)16-10-4-2-9(3-5-10)14(19)20/h6-7,9-10H,2-5H2,1H3,(H,15,17)(H,16,18)(H,19,20). The number of aromatic nitrogens is 1. The van der Waals surface area contributed by atoms with Gasteiger partial charge in [0.15, 0.2) is 5.43 Å². The lowest BCUT2D eigenvalue weighted by Gasteiger charge is -2.26. The summed E-state index contributed by atoms with van der Waals surface area (Å²) >= 11 is 0. The normalized spacial score (nSPS) is 22.2. The monoisotopic (exact) mass is 278 g/mol. The van der Waals surface area contributed by atoms with E-state index in [-0.39, 0.29) is 23.0 Å². The highest BCUT2D eigenvalue weighted by Crippen LogP contribution is 2.24. The molecule has 0 spiro atoms. The van der Waals surface area contributed by atoms with Gasteiger partial charge in [0.25, 0.3) is 5.91 Å². The van der Waals surface area contributed by atoms with E-state index in [2.05, 4.69) is 10.3 Å². The summed E-state index contributed by atoms with van der Waals surface area (Å²) in [5, 5.41) is 11.7. The number of hydrogen-bond acceptors (Lipinski definition) is 3. The van der Waals surface area contributed by atoms with Crippen LogP contribution in [-0.2, 0) is 4.79 Å². The number of rotatable bonds is 3. The smallest absolute Gasteiger partial charge is 0.306 e. The average Bonchev–Trinajstić information content (AvgIpc) is 2.39. The Balaban J connectivity index is 1.96. The number of aryl methyl sites for hydroxylation is 1. The van der Waals surface area contributed by atoms with Crippen LogP contribution in [0.3, 0.4) is 0 Å². The van der Waals surface area contributed by atoms with Gasteiger partial charge in [-0.15, -0.1) is 0 Å². The number of H-pyrrole nitrogens is 1. The molecule has 1 saturated carbocycles. The van der Waals surface area contributed by atoms with E-state index in [4.69, 9.17) is 5.11 Å². The van der Waals surface area contributed by atoms with E-state index in [1.807, 2.05) is 0 Å². The van der Waals surface area contributed by atoms with E-state index in [1.165, 1.54) is 12.3 Å². The Morgan fingerprint density at radius 3 is 2.50 bits per heavy atom. The van der Waals surface area contributed by atoms with Gasteiger partial charge < -0.3 is 15.4 Å². The minimum absolute atomic E-state index is 0.0567. The highest BCUT2D eigenvalue weighted by Gasteiger charge is 2.27. The highest BCUT2D eigenvalue weighted by atomic mass is 16.4. The number of carboxylic acid groups (broad SMARTS) is 1. The zero-order valence-corrected chi connectivity index (χ0v) is 11.3. The van der Waals surface area contributed by atoms with Gasteiger partial charge in [-0.1, -0.05) is 0 Å². The van der Waals surface area contributed by atoms with Crippen LogP contribution in [0.25, 0.3) is 0 Å². The molecule has 1 aromatic rings. The van der Waals surface area contributed by atoms with Gasteiger partial charge in [-0.25, -0.2) is 0 Å². The predicted molar refractivity (Wildman–Crippen MR) is 72.6 cm³/mol. The fourth-order valence-electron chi connectivity index (χ4n) is 2.50. The largest absolute Gasteiger partial charge is 0.481 e. The van der Waals surface area contributed by atoms with E-state index < -0.39 is 11.9 Å². The van der Waals surface area contributed by atoms with Gasteiger partial charge in [0.05, 0.1) is 5.92 Å². The fraction of sp³-hybridized carbons (Fsp3) is 0.500. The zero-order valence-electron chi connectivity index (χ0n) is 11.3. The van der Waals surface area contributed by atoms with Crippen molar-refractivity contribution < 1.29 is 14.7 Å². The Labute approximate surface area is 116 Å². The second-order valence-corrected chi connectivity index (χ2v) is 5.25. The lowest BCUT2D eigenvalue weighted by Crippen LogP contribution is -2.40. The van der Waals surface area contributed by atoms with E-state index >= 15 is 0 Å². The van der Waals surface area contributed by atoms with Gasteiger partial charge in [-0.2, -0.15) is 0 Å². The topological polar surface area (TPSA) is 99.3 Å². The van der Waals surface area contributed by atoms with Crippen molar-refractivity contribution in [1.29, 1.82) is 0 Å². The highest BCUT2D eigenvalue weighted by molar-refractivity contribution is 5.94. The summed E-state index contributed by atoms with van der Waals surface area (Å²) < 4.78 is 0. The second-order valence-electron chi connectivity index (χ2n) is 5.25.